The average molecular weight is 233 g/mol. The minimum Gasteiger partial charge on any atom is -0.294 e. The van der Waals surface area contributed by atoms with E-state index in [2.05, 4.69) is 4.98 Å². The smallest absolute Gasteiger partial charge is 0.168 e. The third kappa shape index (κ3) is 2.93. The van der Waals surface area contributed by atoms with Crippen LogP contribution in [-0.4, -0.2) is 10.8 Å². The lowest BCUT2D eigenvalue weighted by atomic mass is 10.1. The van der Waals surface area contributed by atoms with Crippen LogP contribution in [0.3, 0.4) is 0 Å². The highest BCUT2D eigenvalue weighted by Gasteiger charge is 2.08. The zero-order valence-electron chi connectivity index (χ0n) is 8.86. The number of benzene rings is 1. The summed E-state index contributed by atoms with van der Waals surface area (Å²) in [6, 6.07) is 8.00. The van der Waals surface area contributed by atoms with Gasteiger partial charge in [-0.3, -0.25) is 9.78 Å². The summed E-state index contributed by atoms with van der Waals surface area (Å²) in [6.45, 7) is 0. The zero-order chi connectivity index (χ0) is 12.3. The van der Waals surface area contributed by atoms with Crippen LogP contribution in [0.4, 0.5) is 8.78 Å². The van der Waals surface area contributed by atoms with Gasteiger partial charge in [0.1, 0.15) is 11.6 Å². The molecule has 2 nitrogen and oxygen atoms in total. The van der Waals surface area contributed by atoms with Gasteiger partial charge in [-0.1, -0.05) is 0 Å². The van der Waals surface area contributed by atoms with Gasteiger partial charge in [-0.05, 0) is 36.4 Å². The van der Waals surface area contributed by atoms with Crippen molar-refractivity contribution in [2.24, 2.45) is 0 Å². The van der Waals surface area contributed by atoms with Crippen molar-refractivity contribution in [3.8, 4) is 0 Å². The molecule has 17 heavy (non-hydrogen) atoms. The molecule has 1 aromatic heterocycles. The topological polar surface area (TPSA) is 30.0 Å². The van der Waals surface area contributed by atoms with Crippen LogP contribution < -0.4 is 0 Å². The Morgan fingerprint density at radius 1 is 1.00 bits per heavy atom. The molecule has 0 bridgehead atoms. The van der Waals surface area contributed by atoms with Crippen molar-refractivity contribution in [2.75, 3.05) is 0 Å². The van der Waals surface area contributed by atoms with Crippen LogP contribution in [0.1, 0.15) is 16.1 Å². The summed E-state index contributed by atoms with van der Waals surface area (Å²) in [6.07, 6.45) is 1.14. The highest BCUT2D eigenvalue weighted by molar-refractivity contribution is 5.97. The molecule has 0 saturated heterocycles. The molecule has 2 aromatic rings. The van der Waals surface area contributed by atoms with E-state index < -0.39 is 5.82 Å². The highest BCUT2D eigenvalue weighted by atomic mass is 19.1. The van der Waals surface area contributed by atoms with Gasteiger partial charge >= 0.3 is 0 Å². The van der Waals surface area contributed by atoms with E-state index in [1.807, 2.05) is 0 Å². The Balaban J connectivity index is 2.11. The van der Waals surface area contributed by atoms with Crippen molar-refractivity contribution in [3.05, 3.63) is 65.5 Å². The van der Waals surface area contributed by atoms with Crippen molar-refractivity contribution in [1.29, 1.82) is 0 Å². The summed E-state index contributed by atoms with van der Waals surface area (Å²) in [4.78, 5) is 15.5. The summed E-state index contributed by atoms with van der Waals surface area (Å²) >= 11 is 0. The molecule has 1 heterocycles. The first-order valence-electron chi connectivity index (χ1n) is 5.04. The molecule has 1 aromatic carbocycles. The van der Waals surface area contributed by atoms with Crippen molar-refractivity contribution in [3.63, 3.8) is 0 Å². The van der Waals surface area contributed by atoms with Crippen LogP contribution in [0.25, 0.3) is 0 Å². The van der Waals surface area contributed by atoms with Crippen LogP contribution in [0.5, 0.6) is 0 Å². The molecule has 86 valence electrons. The zero-order valence-corrected chi connectivity index (χ0v) is 8.86. The highest BCUT2D eigenvalue weighted by Crippen LogP contribution is 2.07. The fraction of sp³-hybridized carbons (Fsp3) is 0.0769. The van der Waals surface area contributed by atoms with E-state index in [-0.39, 0.29) is 18.0 Å². The molecule has 0 aliphatic heterocycles. The van der Waals surface area contributed by atoms with Crippen LogP contribution in [0.2, 0.25) is 0 Å². The van der Waals surface area contributed by atoms with Gasteiger partial charge in [0.2, 0.25) is 0 Å². The number of hydrogen-bond donors (Lipinski definition) is 0. The number of pyridine rings is 1. The number of ketones is 1. The van der Waals surface area contributed by atoms with Crippen molar-refractivity contribution < 1.29 is 13.6 Å². The number of hydrogen-bond acceptors (Lipinski definition) is 2. The molecule has 0 saturated carbocycles. The Hall–Kier alpha value is -2.10. The van der Waals surface area contributed by atoms with E-state index in [0.29, 0.717) is 11.3 Å². The van der Waals surface area contributed by atoms with E-state index in [0.717, 1.165) is 6.20 Å². The largest absolute Gasteiger partial charge is 0.294 e. The van der Waals surface area contributed by atoms with Gasteiger partial charge in [0.15, 0.2) is 5.78 Å². The number of rotatable bonds is 3. The minimum absolute atomic E-state index is 0.0753. The Morgan fingerprint density at radius 2 is 1.65 bits per heavy atom. The molecule has 0 fully saturated rings. The van der Waals surface area contributed by atoms with E-state index >= 15 is 0 Å². The molecule has 0 radical (unpaired) electrons. The summed E-state index contributed by atoms with van der Waals surface area (Å²) in [5.41, 5.74) is 0.901. The standard InChI is InChI=1S/C13H9F2NO/c14-10-3-1-9(2-4-10)13(17)7-12-6-5-11(15)8-16-12/h1-6,8H,7H2. The molecule has 0 aliphatic rings. The van der Waals surface area contributed by atoms with Crippen molar-refractivity contribution in [2.45, 2.75) is 6.42 Å². The summed E-state index contributed by atoms with van der Waals surface area (Å²) < 4.78 is 25.3. The quantitative estimate of drug-likeness (QED) is 0.763. The number of carbonyl (C=O) groups excluding carboxylic acids is 1. The fourth-order valence-electron chi connectivity index (χ4n) is 1.41. The van der Waals surface area contributed by atoms with Gasteiger partial charge in [0.25, 0.3) is 0 Å². The second-order valence-corrected chi connectivity index (χ2v) is 3.57. The first-order chi connectivity index (χ1) is 8.15. The Kier molecular flexibility index (Phi) is 3.23. The van der Waals surface area contributed by atoms with Gasteiger partial charge < -0.3 is 0 Å². The lowest BCUT2D eigenvalue weighted by molar-refractivity contribution is 0.0992. The molecule has 0 amide bonds. The Morgan fingerprint density at radius 3 is 2.24 bits per heavy atom. The van der Waals surface area contributed by atoms with Crippen molar-refractivity contribution in [1.82, 2.24) is 4.98 Å². The summed E-state index contributed by atoms with van der Waals surface area (Å²) in [5, 5.41) is 0. The maximum Gasteiger partial charge on any atom is 0.168 e. The average Bonchev–Trinajstić information content (AvgIpc) is 2.33. The first kappa shape index (κ1) is 11.4. The van der Waals surface area contributed by atoms with Gasteiger partial charge in [-0.2, -0.15) is 0 Å². The first-order valence-corrected chi connectivity index (χ1v) is 5.04. The number of halogens is 2. The second-order valence-electron chi connectivity index (χ2n) is 3.57. The molecule has 2 rings (SSSR count). The molecular weight excluding hydrogens is 224 g/mol. The molecular formula is C13H9F2NO. The van der Waals surface area contributed by atoms with E-state index in [1.54, 1.807) is 0 Å². The molecule has 4 heteroatoms. The second kappa shape index (κ2) is 4.82. The predicted molar refractivity (Wildman–Crippen MR) is 58.6 cm³/mol. The van der Waals surface area contributed by atoms with Gasteiger partial charge in [-0.25, -0.2) is 8.78 Å². The molecule has 0 spiro atoms. The summed E-state index contributed by atoms with van der Waals surface area (Å²) in [5.74, 6) is -1.01. The Labute approximate surface area is 96.9 Å². The molecule has 0 atom stereocenters. The van der Waals surface area contributed by atoms with Gasteiger partial charge in [0, 0.05) is 11.3 Å². The van der Waals surface area contributed by atoms with Crippen LogP contribution >= 0.6 is 0 Å². The fourth-order valence-corrected chi connectivity index (χ4v) is 1.41. The third-order valence-corrected chi connectivity index (χ3v) is 2.30. The number of nitrogens with zero attached hydrogens (tertiary/aromatic N) is 1. The number of Topliss-reactive ketones (excluding diaryl/α,β-unsaturated/α-hetero) is 1. The molecule has 0 aliphatic carbocycles. The van der Waals surface area contributed by atoms with E-state index in [4.69, 9.17) is 0 Å². The van der Waals surface area contributed by atoms with Crippen molar-refractivity contribution >= 4 is 5.78 Å². The monoisotopic (exact) mass is 233 g/mol. The minimum atomic E-state index is -0.442. The molecule has 0 unspecified atom stereocenters. The lowest BCUT2D eigenvalue weighted by Gasteiger charge is -2.00. The third-order valence-electron chi connectivity index (χ3n) is 2.30. The SMILES string of the molecule is O=C(Cc1ccc(F)cn1)c1ccc(F)cc1. The number of aromatic nitrogens is 1. The lowest BCUT2D eigenvalue weighted by Crippen LogP contribution is -2.05. The van der Waals surface area contributed by atoms with Crippen LogP contribution in [0.15, 0.2) is 42.6 Å². The maximum absolute atomic E-state index is 12.7. The predicted octanol–water partition coefficient (Wildman–Crippen LogP) is 2.79. The van der Waals surface area contributed by atoms with Crippen LogP contribution in [0, 0.1) is 11.6 Å². The van der Waals surface area contributed by atoms with Gasteiger partial charge in [0.05, 0.1) is 12.6 Å². The summed E-state index contributed by atoms with van der Waals surface area (Å²) in [7, 11) is 0. The van der Waals surface area contributed by atoms with E-state index in [9.17, 15) is 13.6 Å². The van der Waals surface area contributed by atoms with Crippen LogP contribution in [-0.2, 0) is 6.42 Å². The Bertz CT molecular complexity index is 520. The van der Waals surface area contributed by atoms with Gasteiger partial charge in [-0.15, -0.1) is 0 Å². The van der Waals surface area contributed by atoms with E-state index in [1.165, 1.54) is 36.4 Å². The maximum atomic E-state index is 12.7. The number of carbonyl (C=O) groups is 1. The molecule has 0 N–H and O–H groups in total. The normalized spacial score (nSPS) is 10.2.